The average molecular weight is 460 g/mol. The van der Waals surface area contributed by atoms with E-state index in [0.29, 0.717) is 12.4 Å². The molecule has 0 bridgehead atoms. The normalized spacial score (nSPS) is 11.2. The molecule has 0 spiro atoms. The summed E-state index contributed by atoms with van der Waals surface area (Å²) in [6.07, 6.45) is 11.6. The highest BCUT2D eigenvalue weighted by molar-refractivity contribution is 5.78. The Morgan fingerprint density at radius 2 is 1.74 bits per heavy atom. The molecule has 34 heavy (non-hydrogen) atoms. The molecular formula is C26H33N7O. The summed E-state index contributed by atoms with van der Waals surface area (Å²) in [5.41, 5.74) is 4.84. The molecule has 0 saturated carbocycles. The second-order valence-corrected chi connectivity index (χ2v) is 8.68. The SMILES string of the molecule is CCCCCc1cn(CCCCC)c(=O)n1Cc1ccc(-c2ccccc2-c2nn[nH]n2)nc1. The minimum Gasteiger partial charge on any atom is -0.299 e. The van der Waals surface area contributed by atoms with Crippen molar-refractivity contribution in [3.8, 4) is 22.6 Å². The lowest BCUT2D eigenvalue weighted by Crippen LogP contribution is -2.25. The van der Waals surface area contributed by atoms with Crippen LogP contribution in [0.4, 0.5) is 0 Å². The van der Waals surface area contributed by atoms with Crippen molar-refractivity contribution in [3.63, 3.8) is 0 Å². The minimum atomic E-state index is 0.0779. The summed E-state index contributed by atoms with van der Waals surface area (Å²) in [5, 5.41) is 14.4. The van der Waals surface area contributed by atoms with Gasteiger partial charge >= 0.3 is 5.69 Å². The standard InChI is InChI=1S/C26H33N7O/c1-3-5-7-11-21-19-32(16-10-6-4-2)26(34)33(21)18-20-14-15-24(27-17-20)22-12-8-9-13-23(22)25-28-30-31-29-25/h8-9,12-15,17,19H,3-7,10-11,16,18H2,1-2H3,(H,28,29,30,31). The van der Waals surface area contributed by atoms with E-state index < -0.39 is 0 Å². The molecule has 0 atom stereocenters. The number of hydrogen-bond donors (Lipinski definition) is 1. The van der Waals surface area contributed by atoms with Crippen LogP contribution in [0.5, 0.6) is 0 Å². The number of aryl methyl sites for hydroxylation is 2. The third-order valence-electron chi connectivity index (χ3n) is 6.12. The second kappa shape index (κ2) is 11.5. The van der Waals surface area contributed by atoms with Gasteiger partial charge in [-0.05, 0) is 36.1 Å². The number of H-pyrrole nitrogens is 1. The maximum Gasteiger partial charge on any atom is 0.328 e. The fraction of sp³-hybridized carbons (Fsp3) is 0.423. The van der Waals surface area contributed by atoms with Gasteiger partial charge in [-0.2, -0.15) is 5.21 Å². The fourth-order valence-electron chi connectivity index (χ4n) is 4.24. The largest absolute Gasteiger partial charge is 0.328 e. The Kier molecular flexibility index (Phi) is 8.01. The van der Waals surface area contributed by atoms with Gasteiger partial charge in [0, 0.05) is 35.8 Å². The number of benzene rings is 1. The first-order valence-electron chi connectivity index (χ1n) is 12.3. The summed E-state index contributed by atoms with van der Waals surface area (Å²) in [6, 6.07) is 11.9. The van der Waals surface area contributed by atoms with E-state index >= 15 is 0 Å². The summed E-state index contributed by atoms with van der Waals surface area (Å²) >= 11 is 0. The first kappa shape index (κ1) is 23.6. The highest BCUT2D eigenvalue weighted by atomic mass is 16.1. The van der Waals surface area contributed by atoms with Crippen LogP contribution < -0.4 is 5.69 Å². The van der Waals surface area contributed by atoms with E-state index in [4.69, 9.17) is 4.98 Å². The van der Waals surface area contributed by atoms with Crippen molar-refractivity contribution in [3.05, 3.63) is 70.5 Å². The van der Waals surface area contributed by atoms with Gasteiger partial charge in [0.05, 0.1) is 12.2 Å². The summed E-state index contributed by atoms with van der Waals surface area (Å²) in [5.74, 6) is 0.536. The van der Waals surface area contributed by atoms with Crippen LogP contribution in [0.25, 0.3) is 22.6 Å². The van der Waals surface area contributed by atoms with Crippen molar-refractivity contribution in [1.82, 2.24) is 34.7 Å². The predicted octanol–water partition coefficient (Wildman–Crippen LogP) is 4.86. The van der Waals surface area contributed by atoms with E-state index in [9.17, 15) is 4.79 Å². The molecule has 8 nitrogen and oxygen atoms in total. The molecule has 0 radical (unpaired) electrons. The van der Waals surface area contributed by atoms with Crippen LogP contribution in [0.2, 0.25) is 0 Å². The molecular weight excluding hydrogens is 426 g/mol. The topological polar surface area (TPSA) is 94.3 Å². The van der Waals surface area contributed by atoms with Gasteiger partial charge in [0.25, 0.3) is 0 Å². The molecule has 0 amide bonds. The molecule has 4 aromatic rings. The minimum absolute atomic E-state index is 0.0779. The van der Waals surface area contributed by atoms with E-state index in [1.54, 1.807) is 0 Å². The number of hydrogen-bond acceptors (Lipinski definition) is 5. The Labute approximate surface area is 200 Å². The van der Waals surface area contributed by atoms with Crippen molar-refractivity contribution in [2.45, 2.75) is 71.9 Å². The number of imidazole rings is 1. The van der Waals surface area contributed by atoms with Crippen LogP contribution in [0.15, 0.2) is 53.6 Å². The van der Waals surface area contributed by atoms with Gasteiger partial charge in [0.15, 0.2) is 0 Å². The quantitative estimate of drug-likeness (QED) is 0.305. The lowest BCUT2D eigenvalue weighted by atomic mass is 10.0. The van der Waals surface area contributed by atoms with Gasteiger partial charge in [0.1, 0.15) is 0 Å². The molecule has 0 saturated heterocycles. The molecule has 178 valence electrons. The van der Waals surface area contributed by atoms with E-state index in [1.807, 2.05) is 51.7 Å². The third-order valence-corrected chi connectivity index (χ3v) is 6.12. The zero-order chi connectivity index (χ0) is 23.8. The molecule has 0 aliphatic rings. The first-order valence-corrected chi connectivity index (χ1v) is 12.3. The lowest BCUT2D eigenvalue weighted by Gasteiger charge is -2.09. The van der Waals surface area contributed by atoms with Crippen LogP contribution >= 0.6 is 0 Å². The lowest BCUT2D eigenvalue weighted by molar-refractivity contribution is 0.572. The predicted molar refractivity (Wildman–Crippen MR) is 133 cm³/mol. The van der Waals surface area contributed by atoms with Crippen LogP contribution in [-0.2, 0) is 19.5 Å². The Morgan fingerprint density at radius 1 is 0.941 bits per heavy atom. The zero-order valence-electron chi connectivity index (χ0n) is 20.1. The number of rotatable bonds is 12. The Morgan fingerprint density at radius 3 is 2.44 bits per heavy atom. The molecule has 1 aromatic carbocycles. The molecule has 8 heteroatoms. The number of aromatic nitrogens is 7. The van der Waals surface area contributed by atoms with Crippen LogP contribution in [0.1, 0.15) is 63.6 Å². The summed E-state index contributed by atoms with van der Waals surface area (Å²) in [6.45, 7) is 5.69. The van der Waals surface area contributed by atoms with Gasteiger partial charge in [-0.25, -0.2) is 4.79 Å². The highest BCUT2D eigenvalue weighted by Crippen LogP contribution is 2.28. The van der Waals surface area contributed by atoms with Gasteiger partial charge in [-0.3, -0.25) is 14.1 Å². The van der Waals surface area contributed by atoms with Crippen LogP contribution in [0.3, 0.4) is 0 Å². The highest BCUT2D eigenvalue weighted by Gasteiger charge is 2.14. The van der Waals surface area contributed by atoms with Gasteiger partial charge < -0.3 is 0 Å². The summed E-state index contributed by atoms with van der Waals surface area (Å²) < 4.78 is 3.81. The number of unbranched alkanes of at least 4 members (excludes halogenated alkanes) is 4. The van der Waals surface area contributed by atoms with E-state index in [0.717, 1.165) is 73.1 Å². The van der Waals surface area contributed by atoms with E-state index in [2.05, 4.69) is 40.7 Å². The molecule has 3 aromatic heterocycles. The molecule has 1 N–H and O–H groups in total. The van der Waals surface area contributed by atoms with Crippen LogP contribution in [-0.4, -0.2) is 34.7 Å². The smallest absolute Gasteiger partial charge is 0.299 e. The van der Waals surface area contributed by atoms with Crippen LogP contribution in [0, 0.1) is 0 Å². The Hall–Kier alpha value is -3.55. The van der Waals surface area contributed by atoms with Gasteiger partial charge in [0.2, 0.25) is 5.82 Å². The summed E-state index contributed by atoms with van der Waals surface area (Å²) in [7, 11) is 0. The molecule has 0 aliphatic carbocycles. The van der Waals surface area contributed by atoms with Crippen molar-refractivity contribution in [2.24, 2.45) is 0 Å². The van der Waals surface area contributed by atoms with Crippen molar-refractivity contribution in [2.75, 3.05) is 0 Å². The number of tetrazole rings is 1. The Bertz CT molecular complexity index is 1220. The molecule has 0 fully saturated rings. The summed E-state index contributed by atoms with van der Waals surface area (Å²) in [4.78, 5) is 17.9. The van der Waals surface area contributed by atoms with Gasteiger partial charge in [-0.1, -0.05) is 69.9 Å². The number of aromatic amines is 1. The number of nitrogens with one attached hydrogen (secondary N) is 1. The first-order chi connectivity index (χ1) is 16.7. The second-order valence-electron chi connectivity index (χ2n) is 8.68. The molecule has 0 unspecified atom stereocenters. The molecule has 0 aliphatic heterocycles. The monoisotopic (exact) mass is 459 g/mol. The van der Waals surface area contributed by atoms with E-state index in [1.165, 1.54) is 6.42 Å². The van der Waals surface area contributed by atoms with Crippen molar-refractivity contribution < 1.29 is 0 Å². The maximum absolute atomic E-state index is 13.2. The fourth-order valence-corrected chi connectivity index (χ4v) is 4.24. The maximum atomic E-state index is 13.2. The van der Waals surface area contributed by atoms with Crippen molar-refractivity contribution in [1.29, 1.82) is 0 Å². The third kappa shape index (κ3) is 5.50. The van der Waals surface area contributed by atoms with Gasteiger partial charge in [-0.15, -0.1) is 10.2 Å². The number of pyridine rings is 1. The molecule has 4 rings (SSSR count). The van der Waals surface area contributed by atoms with Crippen molar-refractivity contribution >= 4 is 0 Å². The Balaban J connectivity index is 1.57. The van der Waals surface area contributed by atoms with E-state index in [-0.39, 0.29) is 5.69 Å². The zero-order valence-corrected chi connectivity index (χ0v) is 20.1. The molecule has 3 heterocycles. The number of nitrogens with zero attached hydrogens (tertiary/aromatic N) is 6. The average Bonchev–Trinajstić information content (AvgIpc) is 3.50.